The Morgan fingerprint density at radius 3 is 1.13 bits per heavy atom. The average molecular weight is 899 g/mol. The molecule has 0 bridgehead atoms. The number of methoxy groups -OCH3 is 2. The van der Waals surface area contributed by atoms with Gasteiger partial charge < -0.3 is 9.47 Å². The molecule has 9 rings (SSSR count). The molecule has 310 valence electrons. The first-order chi connectivity index (χ1) is 30.0. The minimum absolute atomic E-state index is 0.0447. The highest BCUT2D eigenvalue weighted by Crippen LogP contribution is 2.50. The number of nitrogens with one attached hydrogen (secondary N) is 2. The number of carbonyl (C=O) groups is 2. The van der Waals surface area contributed by atoms with E-state index in [-0.39, 0.29) is 45.8 Å². The minimum Gasteiger partial charge on any atom is -0.495 e. The van der Waals surface area contributed by atoms with Gasteiger partial charge in [-0.2, -0.15) is 0 Å². The van der Waals surface area contributed by atoms with Gasteiger partial charge in [0.05, 0.1) is 37.0 Å². The van der Waals surface area contributed by atoms with Crippen LogP contribution in [-0.2, 0) is 20.0 Å². The molecule has 2 amide bonds. The lowest BCUT2D eigenvalue weighted by atomic mass is 10.1. The van der Waals surface area contributed by atoms with Crippen molar-refractivity contribution in [2.24, 2.45) is 0 Å². The highest BCUT2D eigenvalue weighted by molar-refractivity contribution is 8.00. The summed E-state index contributed by atoms with van der Waals surface area (Å²) >= 11 is 3.10. The molecule has 0 radical (unpaired) electrons. The van der Waals surface area contributed by atoms with Crippen molar-refractivity contribution in [2.75, 3.05) is 33.5 Å². The topological polar surface area (TPSA) is 151 Å². The summed E-state index contributed by atoms with van der Waals surface area (Å²) in [5.41, 5.74) is 3.24. The molecule has 0 aromatic heterocycles. The lowest BCUT2D eigenvalue weighted by Gasteiger charge is -2.31. The largest absolute Gasteiger partial charge is 0.495 e. The standard InChI is InChI=1S/C46H34N4O8S4/c1-57-37-27-38(58-2)44(62(55,56)48-32-16-12-14-30(26-32)46(52)50-35-19-5-9-23-41(35)60-42-24-10-6-20-36(42)50)28-43(37)61(53,54)47-31-15-11-13-29(25-31)45(51)49-33-17-3-7-21-39(33)59-40-22-8-4-18-34(40)49/h3-28,47-48H,1-2H3. The number of amides is 2. The second-order valence-corrected chi connectivity index (χ2v) is 19.4. The molecule has 0 unspecified atom stereocenters. The summed E-state index contributed by atoms with van der Waals surface area (Å²) in [7, 11) is -6.68. The summed E-state index contributed by atoms with van der Waals surface area (Å²) in [6.45, 7) is 0. The van der Waals surface area contributed by atoms with Crippen LogP contribution in [-0.4, -0.2) is 42.9 Å². The van der Waals surface area contributed by atoms with Gasteiger partial charge in [-0.05, 0) is 91.0 Å². The third-order valence-corrected chi connectivity index (χ3v) is 15.1. The molecule has 62 heavy (non-hydrogen) atoms. The predicted octanol–water partition coefficient (Wildman–Crippen LogP) is 10.2. The van der Waals surface area contributed by atoms with Crippen LogP contribution in [0.3, 0.4) is 0 Å². The molecule has 7 aromatic rings. The van der Waals surface area contributed by atoms with Gasteiger partial charge in [0.15, 0.2) is 0 Å². The molecule has 0 fully saturated rings. The summed E-state index contributed by atoms with van der Waals surface area (Å²) in [6, 6.07) is 44.2. The Kier molecular flexibility index (Phi) is 10.7. The molecule has 16 heteroatoms. The quantitative estimate of drug-likeness (QED) is 0.136. The van der Waals surface area contributed by atoms with Gasteiger partial charge in [0.25, 0.3) is 31.9 Å². The van der Waals surface area contributed by atoms with E-state index in [4.69, 9.17) is 9.47 Å². The molecular weight excluding hydrogens is 865 g/mol. The number of sulfonamides is 2. The van der Waals surface area contributed by atoms with Crippen LogP contribution < -0.4 is 28.7 Å². The SMILES string of the molecule is COc1cc(OC)c(S(=O)(=O)Nc2cccc(C(=O)N3c4ccccc4Sc4ccccc43)c2)cc1S(=O)(=O)Nc1cccc(C(=O)N2c3ccccc3Sc3ccccc32)c1. The lowest BCUT2D eigenvalue weighted by Crippen LogP contribution is -2.28. The van der Waals surface area contributed by atoms with E-state index in [2.05, 4.69) is 9.44 Å². The normalized spacial score (nSPS) is 12.9. The van der Waals surface area contributed by atoms with Gasteiger partial charge in [0, 0.05) is 48.1 Å². The number of hydrogen-bond acceptors (Lipinski definition) is 10. The van der Waals surface area contributed by atoms with E-state index >= 15 is 0 Å². The van der Waals surface area contributed by atoms with E-state index < -0.39 is 29.8 Å². The van der Waals surface area contributed by atoms with Gasteiger partial charge in [-0.1, -0.05) is 84.2 Å². The fraction of sp³-hybridized carbons (Fsp3) is 0.0435. The average Bonchev–Trinajstić information content (AvgIpc) is 3.28. The van der Waals surface area contributed by atoms with Crippen LogP contribution in [0.2, 0.25) is 0 Å². The number of carbonyl (C=O) groups excluding carboxylic acids is 2. The van der Waals surface area contributed by atoms with Crippen LogP contribution in [0.25, 0.3) is 0 Å². The van der Waals surface area contributed by atoms with Crippen molar-refractivity contribution >= 4 is 89.5 Å². The Morgan fingerprint density at radius 1 is 0.452 bits per heavy atom. The van der Waals surface area contributed by atoms with Crippen molar-refractivity contribution < 1.29 is 35.9 Å². The van der Waals surface area contributed by atoms with Crippen LogP contribution in [0, 0.1) is 0 Å². The number of rotatable bonds is 10. The van der Waals surface area contributed by atoms with Crippen molar-refractivity contribution in [2.45, 2.75) is 29.4 Å². The zero-order valence-corrected chi connectivity index (χ0v) is 36.1. The Morgan fingerprint density at radius 2 is 0.790 bits per heavy atom. The third kappa shape index (κ3) is 7.51. The molecule has 2 heterocycles. The molecule has 0 aliphatic carbocycles. The minimum atomic E-state index is -4.58. The van der Waals surface area contributed by atoms with Crippen molar-refractivity contribution in [3.05, 3.63) is 169 Å². The zero-order valence-electron chi connectivity index (χ0n) is 32.8. The first-order valence-corrected chi connectivity index (χ1v) is 23.5. The molecular formula is C46H34N4O8S4. The predicted molar refractivity (Wildman–Crippen MR) is 241 cm³/mol. The summed E-state index contributed by atoms with van der Waals surface area (Å²) in [6.07, 6.45) is 0. The van der Waals surface area contributed by atoms with Crippen molar-refractivity contribution in [3.8, 4) is 11.5 Å². The van der Waals surface area contributed by atoms with Gasteiger partial charge in [-0.15, -0.1) is 0 Å². The number of nitrogens with zero attached hydrogens (tertiary/aromatic N) is 2. The van der Waals surface area contributed by atoms with Gasteiger partial charge in [0.2, 0.25) is 0 Å². The Balaban J connectivity index is 1.01. The number of ether oxygens (including phenoxy) is 2. The third-order valence-electron chi connectivity index (χ3n) is 10.0. The number of para-hydroxylation sites is 4. The number of benzene rings is 7. The molecule has 0 atom stereocenters. The summed E-state index contributed by atoms with van der Waals surface area (Å²) < 4.78 is 72.6. The molecule has 0 saturated heterocycles. The van der Waals surface area contributed by atoms with Crippen LogP contribution in [0.5, 0.6) is 11.5 Å². The molecule has 2 aliphatic rings. The van der Waals surface area contributed by atoms with Crippen molar-refractivity contribution in [1.29, 1.82) is 0 Å². The Bertz CT molecular complexity index is 2880. The molecule has 0 spiro atoms. The highest BCUT2D eigenvalue weighted by Gasteiger charge is 2.32. The summed E-state index contributed by atoms with van der Waals surface area (Å²) in [5.74, 6) is -1.18. The van der Waals surface area contributed by atoms with Gasteiger partial charge >= 0.3 is 0 Å². The number of anilines is 6. The lowest BCUT2D eigenvalue weighted by molar-refractivity contribution is 0.0990. The van der Waals surface area contributed by atoms with E-state index in [0.717, 1.165) is 31.7 Å². The summed E-state index contributed by atoms with van der Waals surface area (Å²) in [5, 5.41) is 0. The van der Waals surface area contributed by atoms with Crippen LogP contribution >= 0.6 is 23.5 Å². The summed E-state index contributed by atoms with van der Waals surface area (Å²) in [4.78, 5) is 34.2. The second-order valence-electron chi connectivity index (χ2n) is 13.9. The first-order valence-electron chi connectivity index (χ1n) is 18.9. The fourth-order valence-corrected chi connectivity index (χ4v) is 11.9. The smallest absolute Gasteiger partial charge is 0.265 e. The Labute approximate surface area is 366 Å². The second kappa shape index (κ2) is 16.3. The van der Waals surface area contributed by atoms with Gasteiger partial charge in [0.1, 0.15) is 21.3 Å². The number of hydrogen-bond donors (Lipinski definition) is 2. The molecule has 2 aliphatic heterocycles. The van der Waals surface area contributed by atoms with Crippen molar-refractivity contribution in [3.63, 3.8) is 0 Å². The maximum Gasteiger partial charge on any atom is 0.265 e. The van der Waals surface area contributed by atoms with E-state index in [0.29, 0.717) is 22.7 Å². The molecule has 2 N–H and O–H groups in total. The van der Waals surface area contributed by atoms with E-state index in [1.807, 2.05) is 97.1 Å². The monoisotopic (exact) mass is 898 g/mol. The fourth-order valence-electron chi connectivity index (χ4n) is 7.22. The zero-order chi connectivity index (χ0) is 43.2. The van der Waals surface area contributed by atoms with E-state index in [1.165, 1.54) is 38.5 Å². The molecule has 12 nitrogen and oxygen atoms in total. The van der Waals surface area contributed by atoms with E-state index in [9.17, 15) is 26.4 Å². The highest BCUT2D eigenvalue weighted by atomic mass is 32.2. The van der Waals surface area contributed by atoms with Crippen LogP contribution in [0.4, 0.5) is 34.1 Å². The van der Waals surface area contributed by atoms with Gasteiger partial charge in [-0.3, -0.25) is 28.8 Å². The molecule has 7 aromatic carbocycles. The van der Waals surface area contributed by atoms with E-state index in [1.54, 1.807) is 57.6 Å². The van der Waals surface area contributed by atoms with Crippen LogP contribution in [0.15, 0.2) is 187 Å². The van der Waals surface area contributed by atoms with Crippen molar-refractivity contribution in [1.82, 2.24) is 0 Å². The first kappa shape index (κ1) is 40.7. The molecule has 0 saturated carbocycles. The maximum atomic E-state index is 14.2. The number of fused-ring (bicyclic) bond motifs is 4. The van der Waals surface area contributed by atoms with Crippen LogP contribution in [0.1, 0.15) is 20.7 Å². The Hall–Kier alpha value is -6.72. The maximum absolute atomic E-state index is 14.2. The van der Waals surface area contributed by atoms with Gasteiger partial charge in [-0.25, -0.2) is 16.8 Å².